The van der Waals surface area contributed by atoms with E-state index in [4.69, 9.17) is 37.4 Å². The number of fused-ring (bicyclic) bond motifs is 1. The monoisotopic (exact) mass is 477 g/mol. The van der Waals surface area contributed by atoms with Crippen molar-refractivity contribution in [2.45, 2.75) is 38.9 Å². The van der Waals surface area contributed by atoms with Crippen LogP contribution in [0.2, 0.25) is 10.2 Å². The van der Waals surface area contributed by atoms with E-state index in [1.54, 1.807) is 17.0 Å². The second-order valence-electron chi connectivity index (χ2n) is 8.20. The summed E-state index contributed by atoms with van der Waals surface area (Å²) in [5, 5.41) is 0.438. The Balaban J connectivity index is 1.49. The van der Waals surface area contributed by atoms with Crippen LogP contribution in [-0.4, -0.2) is 55.7 Å². The topological polar surface area (TPSA) is 99.6 Å². The Labute approximate surface area is 194 Å². The Morgan fingerprint density at radius 2 is 2.00 bits per heavy atom. The molecular weight excluding hydrogens is 457 g/mol. The van der Waals surface area contributed by atoms with Crippen LogP contribution in [0.15, 0.2) is 30.7 Å². The number of amides is 1. The Morgan fingerprint density at radius 1 is 1.19 bits per heavy atom. The fourth-order valence-corrected chi connectivity index (χ4v) is 3.36. The number of ether oxygens (including phenoxy) is 3. The zero-order valence-electron chi connectivity index (χ0n) is 17.7. The SMILES string of the molecule is CC(C)(C)OC(=O)N1CC[C@H](Oc2ccc3ncnc(Oc4cnc(Cl)c(Cl)c4)c3n2)C1. The number of nitrogens with zero attached hydrogens (tertiary/aromatic N) is 5. The fourth-order valence-electron chi connectivity index (χ4n) is 3.10. The van der Waals surface area contributed by atoms with Crippen molar-refractivity contribution >= 4 is 40.3 Å². The smallest absolute Gasteiger partial charge is 0.410 e. The molecule has 1 aliphatic rings. The molecule has 0 N–H and O–H groups in total. The highest BCUT2D eigenvalue weighted by Gasteiger charge is 2.31. The van der Waals surface area contributed by atoms with Gasteiger partial charge in [-0.15, -0.1) is 0 Å². The maximum Gasteiger partial charge on any atom is 0.410 e. The first-order chi connectivity index (χ1) is 15.2. The number of hydrogen-bond donors (Lipinski definition) is 0. The molecule has 32 heavy (non-hydrogen) atoms. The van der Waals surface area contributed by atoms with Crippen LogP contribution >= 0.6 is 23.2 Å². The average molecular weight is 478 g/mol. The van der Waals surface area contributed by atoms with E-state index in [2.05, 4.69) is 19.9 Å². The molecule has 168 valence electrons. The van der Waals surface area contributed by atoms with E-state index in [9.17, 15) is 4.79 Å². The Kier molecular flexibility index (Phi) is 6.21. The molecule has 0 aliphatic carbocycles. The zero-order valence-corrected chi connectivity index (χ0v) is 19.2. The lowest BCUT2D eigenvalue weighted by atomic mass is 10.2. The molecule has 1 fully saturated rings. The van der Waals surface area contributed by atoms with Crippen molar-refractivity contribution in [3.8, 4) is 17.5 Å². The van der Waals surface area contributed by atoms with Gasteiger partial charge in [0.15, 0.2) is 5.52 Å². The third-order valence-corrected chi connectivity index (χ3v) is 5.18. The van der Waals surface area contributed by atoms with Crippen LogP contribution in [0.4, 0.5) is 4.79 Å². The summed E-state index contributed by atoms with van der Waals surface area (Å²) in [5.74, 6) is 0.958. The summed E-state index contributed by atoms with van der Waals surface area (Å²) in [5.41, 5.74) is 0.450. The summed E-state index contributed by atoms with van der Waals surface area (Å²) in [6, 6.07) is 5.02. The lowest BCUT2D eigenvalue weighted by Crippen LogP contribution is -2.36. The predicted molar refractivity (Wildman–Crippen MR) is 119 cm³/mol. The molecule has 0 bridgehead atoms. The van der Waals surface area contributed by atoms with E-state index in [-0.39, 0.29) is 28.3 Å². The van der Waals surface area contributed by atoms with Gasteiger partial charge in [0.05, 0.1) is 23.3 Å². The Bertz CT molecular complexity index is 1150. The highest BCUT2D eigenvalue weighted by molar-refractivity contribution is 6.41. The van der Waals surface area contributed by atoms with Crippen molar-refractivity contribution in [3.63, 3.8) is 0 Å². The lowest BCUT2D eigenvalue weighted by molar-refractivity contribution is 0.0275. The van der Waals surface area contributed by atoms with Gasteiger partial charge in [-0.05, 0) is 26.8 Å². The normalized spacial score (nSPS) is 16.3. The number of rotatable bonds is 4. The quantitative estimate of drug-likeness (QED) is 0.488. The molecule has 0 spiro atoms. The summed E-state index contributed by atoms with van der Waals surface area (Å²) in [6.45, 7) is 6.48. The second kappa shape index (κ2) is 8.91. The van der Waals surface area contributed by atoms with Gasteiger partial charge in [0, 0.05) is 25.1 Å². The van der Waals surface area contributed by atoms with E-state index in [1.807, 2.05) is 20.8 Å². The second-order valence-corrected chi connectivity index (χ2v) is 8.96. The number of likely N-dealkylation sites (tertiary alicyclic amines) is 1. The number of hydrogen-bond acceptors (Lipinski definition) is 8. The number of carbonyl (C=O) groups excluding carboxylic acids is 1. The number of pyridine rings is 2. The van der Waals surface area contributed by atoms with Gasteiger partial charge in [-0.3, -0.25) is 0 Å². The van der Waals surface area contributed by atoms with Gasteiger partial charge in [-0.25, -0.2) is 19.7 Å². The minimum Gasteiger partial charge on any atom is -0.472 e. The first-order valence-electron chi connectivity index (χ1n) is 9.93. The third-order valence-electron chi connectivity index (χ3n) is 4.49. The van der Waals surface area contributed by atoms with Gasteiger partial charge < -0.3 is 19.1 Å². The molecule has 1 amide bonds. The van der Waals surface area contributed by atoms with Crippen LogP contribution in [0.1, 0.15) is 27.2 Å². The standard InChI is InChI=1S/C21H21Cl2N5O4/c1-21(2,3)32-20(29)28-7-6-12(10-28)30-16-5-4-15-17(27-16)19(26-11-25-15)31-13-8-14(22)18(23)24-9-13/h4-5,8-9,11-12H,6-7,10H2,1-3H3/t12-/m0/s1. The van der Waals surface area contributed by atoms with Crippen LogP contribution in [-0.2, 0) is 4.74 Å². The summed E-state index contributed by atoms with van der Waals surface area (Å²) >= 11 is 11.9. The van der Waals surface area contributed by atoms with Crippen LogP contribution in [0.25, 0.3) is 11.0 Å². The van der Waals surface area contributed by atoms with Gasteiger partial charge in [0.1, 0.15) is 28.9 Å². The van der Waals surface area contributed by atoms with Crippen LogP contribution in [0.5, 0.6) is 17.5 Å². The number of carbonyl (C=O) groups is 1. The van der Waals surface area contributed by atoms with Crippen molar-refractivity contribution in [1.82, 2.24) is 24.8 Å². The maximum absolute atomic E-state index is 12.3. The largest absolute Gasteiger partial charge is 0.472 e. The Hall–Kier alpha value is -2.91. The van der Waals surface area contributed by atoms with Crippen molar-refractivity contribution in [3.05, 3.63) is 40.9 Å². The molecule has 1 saturated heterocycles. The highest BCUT2D eigenvalue weighted by atomic mass is 35.5. The van der Waals surface area contributed by atoms with Gasteiger partial charge in [-0.2, -0.15) is 4.98 Å². The summed E-state index contributed by atoms with van der Waals surface area (Å²) < 4.78 is 17.2. The molecule has 11 heteroatoms. The average Bonchev–Trinajstić information content (AvgIpc) is 3.19. The number of halogens is 2. The first kappa shape index (κ1) is 22.3. The molecule has 0 saturated carbocycles. The molecule has 1 aliphatic heterocycles. The molecule has 9 nitrogen and oxygen atoms in total. The van der Waals surface area contributed by atoms with E-state index in [1.165, 1.54) is 18.6 Å². The first-order valence-corrected chi connectivity index (χ1v) is 10.7. The molecule has 0 aromatic carbocycles. The van der Waals surface area contributed by atoms with E-state index >= 15 is 0 Å². The molecule has 1 atom stereocenters. The van der Waals surface area contributed by atoms with Crippen molar-refractivity contribution in [1.29, 1.82) is 0 Å². The minimum atomic E-state index is -0.545. The van der Waals surface area contributed by atoms with E-state index < -0.39 is 5.60 Å². The highest BCUT2D eigenvalue weighted by Crippen LogP contribution is 2.30. The fraction of sp³-hybridized carbons (Fsp3) is 0.381. The summed E-state index contributed by atoms with van der Waals surface area (Å²) in [7, 11) is 0. The molecule has 0 radical (unpaired) electrons. The van der Waals surface area contributed by atoms with Crippen molar-refractivity contribution in [2.75, 3.05) is 13.1 Å². The zero-order chi connectivity index (χ0) is 22.9. The molecule has 4 rings (SSSR count). The van der Waals surface area contributed by atoms with Crippen LogP contribution in [0, 0.1) is 0 Å². The Morgan fingerprint density at radius 3 is 2.75 bits per heavy atom. The van der Waals surface area contributed by atoms with Gasteiger partial charge >= 0.3 is 6.09 Å². The molecule has 3 aromatic heterocycles. The van der Waals surface area contributed by atoms with Crippen molar-refractivity contribution < 1.29 is 19.0 Å². The van der Waals surface area contributed by atoms with Gasteiger partial charge in [-0.1, -0.05) is 23.2 Å². The van der Waals surface area contributed by atoms with Gasteiger partial charge in [0.2, 0.25) is 11.8 Å². The molecular formula is C21H21Cl2N5O4. The number of aromatic nitrogens is 4. The van der Waals surface area contributed by atoms with E-state index in [0.29, 0.717) is 42.2 Å². The minimum absolute atomic E-state index is 0.178. The predicted octanol–water partition coefficient (Wildman–Crippen LogP) is 4.91. The molecule has 3 aromatic rings. The van der Waals surface area contributed by atoms with Gasteiger partial charge in [0.25, 0.3) is 0 Å². The van der Waals surface area contributed by atoms with E-state index in [0.717, 1.165) is 0 Å². The van der Waals surface area contributed by atoms with Crippen molar-refractivity contribution in [2.24, 2.45) is 0 Å². The lowest BCUT2D eigenvalue weighted by Gasteiger charge is -2.24. The third kappa shape index (κ3) is 5.28. The molecule has 0 unspecified atom stereocenters. The molecule has 4 heterocycles. The van der Waals surface area contributed by atoms with Crippen LogP contribution in [0.3, 0.4) is 0 Å². The summed E-state index contributed by atoms with van der Waals surface area (Å²) in [4.78, 5) is 30.8. The van der Waals surface area contributed by atoms with Crippen LogP contribution < -0.4 is 9.47 Å². The summed E-state index contributed by atoms with van der Waals surface area (Å²) in [6.07, 6.45) is 2.92. The maximum atomic E-state index is 12.3.